The number of fused-ring (bicyclic) bond motifs is 1. The van der Waals surface area contributed by atoms with E-state index < -0.39 is 0 Å². The molecule has 34 heavy (non-hydrogen) atoms. The summed E-state index contributed by atoms with van der Waals surface area (Å²) in [5.41, 5.74) is 3.96. The first-order valence-electron chi connectivity index (χ1n) is 11.1. The second-order valence-corrected chi connectivity index (χ2v) is 8.99. The molecule has 1 unspecified atom stereocenters. The van der Waals surface area contributed by atoms with Gasteiger partial charge in [-0.05, 0) is 19.1 Å². The maximum atomic E-state index is 13.3. The third-order valence-electron chi connectivity index (χ3n) is 5.64. The highest BCUT2D eigenvalue weighted by Crippen LogP contribution is 2.36. The van der Waals surface area contributed by atoms with E-state index in [1.807, 2.05) is 91.9 Å². The lowest BCUT2D eigenvalue weighted by molar-refractivity contribution is -0.117. The van der Waals surface area contributed by atoms with Gasteiger partial charge < -0.3 is 14.6 Å². The molecule has 0 radical (unpaired) electrons. The quantitative estimate of drug-likeness (QED) is 0.370. The lowest BCUT2D eigenvalue weighted by atomic mass is 10.1. The van der Waals surface area contributed by atoms with Crippen LogP contribution in [-0.4, -0.2) is 28.6 Å². The Kier molecular flexibility index (Phi) is 6.18. The summed E-state index contributed by atoms with van der Waals surface area (Å²) < 4.78 is 6.15. The van der Waals surface area contributed by atoms with Crippen LogP contribution in [0.15, 0.2) is 94.6 Å². The number of thioether (sulfide) groups is 1. The Morgan fingerprint density at radius 1 is 1.00 bits per heavy atom. The first-order chi connectivity index (χ1) is 16.6. The van der Waals surface area contributed by atoms with E-state index in [-0.39, 0.29) is 30.0 Å². The second-order valence-electron chi connectivity index (χ2n) is 8.06. The third-order valence-corrected chi connectivity index (χ3v) is 6.45. The zero-order valence-electron chi connectivity index (χ0n) is 18.6. The van der Waals surface area contributed by atoms with E-state index in [1.165, 1.54) is 11.8 Å². The summed E-state index contributed by atoms with van der Waals surface area (Å²) in [6.07, 6.45) is 0.237. The van der Waals surface area contributed by atoms with Gasteiger partial charge >= 0.3 is 0 Å². The van der Waals surface area contributed by atoms with Gasteiger partial charge in [0.1, 0.15) is 5.69 Å². The van der Waals surface area contributed by atoms with Gasteiger partial charge in [-0.3, -0.25) is 9.59 Å². The molecule has 2 amide bonds. The van der Waals surface area contributed by atoms with Crippen LogP contribution in [0.2, 0.25) is 0 Å². The second kappa shape index (κ2) is 9.57. The first kappa shape index (κ1) is 22.0. The van der Waals surface area contributed by atoms with Crippen molar-refractivity contribution in [2.75, 3.05) is 16.0 Å². The van der Waals surface area contributed by atoms with Gasteiger partial charge in [-0.15, -0.1) is 0 Å². The number of amides is 2. The maximum Gasteiger partial charge on any atom is 0.257 e. The molecule has 3 aromatic carbocycles. The number of hydrogen-bond acceptors (Lipinski definition) is 5. The first-order valence-corrected chi connectivity index (χ1v) is 12.0. The molecule has 1 aliphatic heterocycles. The van der Waals surface area contributed by atoms with E-state index in [9.17, 15) is 9.59 Å². The number of oxazole rings is 1. The largest absolute Gasteiger partial charge is 0.431 e. The van der Waals surface area contributed by atoms with Crippen LogP contribution in [0.3, 0.4) is 0 Å². The summed E-state index contributed by atoms with van der Waals surface area (Å²) in [5, 5.41) is 3.31. The normalized spacial score (nSPS) is 15.4. The van der Waals surface area contributed by atoms with Crippen molar-refractivity contribution in [3.8, 4) is 22.6 Å². The minimum absolute atomic E-state index is 0.101. The summed E-state index contributed by atoms with van der Waals surface area (Å²) in [7, 11) is 0. The number of carbonyl (C=O) groups is 2. The Morgan fingerprint density at radius 2 is 1.65 bits per heavy atom. The molecule has 0 aliphatic carbocycles. The number of rotatable bonds is 5. The van der Waals surface area contributed by atoms with Gasteiger partial charge in [-0.2, -0.15) is 0 Å². The highest BCUT2D eigenvalue weighted by atomic mass is 32.2. The van der Waals surface area contributed by atoms with Crippen LogP contribution in [0, 0.1) is 0 Å². The van der Waals surface area contributed by atoms with Crippen molar-refractivity contribution in [2.24, 2.45) is 0 Å². The molecule has 0 bridgehead atoms. The SMILES string of the molecule is CC1CC(=O)Nc2ccccc2N1C(=O)CSc1nc(-c2ccccc2)c(-c2ccccc2)o1. The molecule has 0 saturated heterocycles. The number of hydrogen-bond donors (Lipinski definition) is 1. The maximum absolute atomic E-state index is 13.3. The topological polar surface area (TPSA) is 75.4 Å². The molecular formula is C27H23N3O3S. The molecule has 1 aromatic heterocycles. The Bertz CT molecular complexity index is 1260. The molecule has 6 nitrogen and oxygen atoms in total. The van der Waals surface area contributed by atoms with Gasteiger partial charge in [-0.25, -0.2) is 4.98 Å². The molecule has 0 spiro atoms. The number of carbonyl (C=O) groups excluding carboxylic acids is 2. The van der Waals surface area contributed by atoms with Gasteiger partial charge in [0.25, 0.3) is 5.22 Å². The average Bonchev–Trinajstić information content (AvgIpc) is 3.24. The molecule has 1 aliphatic rings. The van der Waals surface area contributed by atoms with Crippen LogP contribution in [-0.2, 0) is 9.59 Å². The molecule has 170 valence electrons. The predicted octanol–water partition coefficient (Wildman–Crippen LogP) is 5.86. The van der Waals surface area contributed by atoms with Gasteiger partial charge in [0.15, 0.2) is 5.76 Å². The van der Waals surface area contributed by atoms with Gasteiger partial charge in [-0.1, -0.05) is 84.6 Å². The van der Waals surface area contributed by atoms with Crippen molar-refractivity contribution in [3.63, 3.8) is 0 Å². The van der Waals surface area contributed by atoms with Crippen LogP contribution in [0.1, 0.15) is 13.3 Å². The molecule has 0 saturated carbocycles. The highest BCUT2D eigenvalue weighted by Gasteiger charge is 2.30. The number of nitrogens with zero attached hydrogens (tertiary/aromatic N) is 2. The Morgan fingerprint density at radius 3 is 2.38 bits per heavy atom. The average molecular weight is 470 g/mol. The minimum Gasteiger partial charge on any atom is -0.431 e. The van der Waals surface area contributed by atoms with Crippen LogP contribution in [0.5, 0.6) is 0 Å². The molecule has 5 rings (SSSR count). The number of aromatic nitrogens is 1. The Balaban J connectivity index is 1.42. The standard InChI is InChI=1S/C27H23N3O3S/c1-18-16-23(31)28-21-14-8-9-15-22(21)30(18)24(32)17-34-27-29-25(19-10-4-2-5-11-19)26(33-27)20-12-6-3-7-13-20/h2-15,18H,16-17H2,1H3,(H,28,31). The molecular weight excluding hydrogens is 446 g/mol. The predicted molar refractivity (Wildman–Crippen MR) is 135 cm³/mol. The molecule has 1 atom stereocenters. The van der Waals surface area contributed by atoms with Gasteiger partial charge in [0, 0.05) is 23.6 Å². The summed E-state index contributed by atoms with van der Waals surface area (Å²) >= 11 is 1.26. The fraction of sp³-hybridized carbons (Fsp3) is 0.148. The molecule has 4 aromatic rings. The van der Waals surface area contributed by atoms with E-state index in [0.29, 0.717) is 22.4 Å². The zero-order valence-corrected chi connectivity index (χ0v) is 19.4. The van der Waals surface area contributed by atoms with E-state index in [2.05, 4.69) is 5.32 Å². The number of para-hydroxylation sites is 2. The van der Waals surface area contributed by atoms with Crippen LogP contribution in [0.25, 0.3) is 22.6 Å². The summed E-state index contributed by atoms with van der Waals surface area (Å²) in [4.78, 5) is 32.0. The smallest absolute Gasteiger partial charge is 0.257 e. The van der Waals surface area contributed by atoms with Crippen molar-refractivity contribution in [1.29, 1.82) is 0 Å². The fourth-order valence-electron chi connectivity index (χ4n) is 4.10. The molecule has 2 heterocycles. The monoisotopic (exact) mass is 469 g/mol. The van der Waals surface area contributed by atoms with Crippen molar-refractivity contribution in [2.45, 2.75) is 24.6 Å². The van der Waals surface area contributed by atoms with Crippen molar-refractivity contribution < 1.29 is 14.0 Å². The van der Waals surface area contributed by atoms with E-state index in [4.69, 9.17) is 9.40 Å². The lowest BCUT2D eigenvalue weighted by Gasteiger charge is -2.27. The van der Waals surface area contributed by atoms with Crippen LogP contribution >= 0.6 is 11.8 Å². The molecule has 0 fully saturated rings. The van der Waals surface area contributed by atoms with Crippen molar-refractivity contribution in [3.05, 3.63) is 84.9 Å². The van der Waals surface area contributed by atoms with Gasteiger partial charge in [0.05, 0.1) is 17.1 Å². The van der Waals surface area contributed by atoms with E-state index in [1.54, 1.807) is 4.90 Å². The van der Waals surface area contributed by atoms with Crippen LogP contribution < -0.4 is 10.2 Å². The summed E-state index contributed by atoms with van der Waals surface area (Å²) in [6, 6.07) is 26.8. The summed E-state index contributed by atoms with van der Waals surface area (Å²) in [5.74, 6) is 0.596. The van der Waals surface area contributed by atoms with Gasteiger partial charge in [0.2, 0.25) is 11.8 Å². The lowest BCUT2D eigenvalue weighted by Crippen LogP contribution is -2.40. The highest BCUT2D eigenvalue weighted by molar-refractivity contribution is 7.99. The van der Waals surface area contributed by atoms with E-state index in [0.717, 1.165) is 16.8 Å². The van der Waals surface area contributed by atoms with Crippen LogP contribution in [0.4, 0.5) is 11.4 Å². The Hall–Kier alpha value is -3.84. The van der Waals surface area contributed by atoms with E-state index >= 15 is 0 Å². The summed E-state index contributed by atoms with van der Waals surface area (Å²) in [6.45, 7) is 1.89. The zero-order chi connectivity index (χ0) is 23.5. The fourth-order valence-corrected chi connectivity index (χ4v) is 4.78. The van der Waals surface area contributed by atoms with Crippen molar-refractivity contribution in [1.82, 2.24) is 4.98 Å². The molecule has 1 N–H and O–H groups in total. The number of benzene rings is 3. The minimum atomic E-state index is -0.263. The van der Waals surface area contributed by atoms with Crippen molar-refractivity contribution >= 4 is 35.0 Å². The third kappa shape index (κ3) is 4.47. The number of nitrogens with one attached hydrogen (secondary N) is 1. The number of anilines is 2. The Labute approximate surface area is 202 Å². The molecule has 7 heteroatoms.